The Morgan fingerprint density at radius 1 is 1.00 bits per heavy atom. The molecule has 1 heterocycles. The number of methoxy groups -OCH3 is 1. The molecule has 0 aliphatic heterocycles. The summed E-state index contributed by atoms with van der Waals surface area (Å²) in [5.74, 6) is 2.48. The second-order valence-corrected chi connectivity index (χ2v) is 12.7. The number of hydrogen-bond donors (Lipinski definition) is 0. The van der Waals surface area contributed by atoms with Crippen molar-refractivity contribution >= 4 is 60.6 Å². The van der Waals surface area contributed by atoms with Gasteiger partial charge in [-0.2, -0.15) is 9.78 Å². The standard InChI is InChI=1S/C35H32Br2ClN3O4/c1-6-44-30-16-23(31(36)32(37)33(30)45-19-22-11-13-24(38)14-12-22)18-39-41-34(40-28-10-8-7-9-25(28)35(41)42)27-17-26(20(2)3)29(43-5)15-21(27)4/h7-18,20H,6,19H2,1-5H3. The van der Waals surface area contributed by atoms with Gasteiger partial charge in [-0.25, -0.2) is 4.98 Å². The molecule has 0 amide bonds. The lowest BCUT2D eigenvalue weighted by Crippen LogP contribution is -2.21. The van der Waals surface area contributed by atoms with Crippen molar-refractivity contribution in [3.05, 3.63) is 113 Å². The lowest BCUT2D eigenvalue weighted by molar-refractivity contribution is 0.267. The summed E-state index contributed by atoms with van der Waals surface area (Å²) in [5.41, 5.74) is 4.66. The molecule has 0 fully saturated rings. The number of fused-ring (bicyclic) bond motifs is 1. The van der Waals surface area contributed by atoms with Gasteiger partial charge < -0.3 is 14.2 Å². The van der Waals surface area contributed by atoms with Crippen molar-refractivity contribution < 1.29 is 14.2 Å². The number of para-hydroxylation sites is 1. The lowest BCUT2D eigenvalue weighted by Gasteiger charge is -2.18. The molecule has 4 aromatic carbocycles. The van der Waals surface area contributed by atoms with Gasteiger partial charge in [0.1, 0.15) is 12.4 Å². The van der Waals surface area contributed by atoms with Crippen LogP contribution in [-0.2, 0) is 6.61 Å². The third-order valence-corrected chi connectivity index (χ3v) is 9.65. The smallest absolute Gasteiger partial charge is 0.282 e. The minimum atomic E-state index is -0.281. The van der Waals surface area contributed by atoms with Gasteiger partial charge in [0.15, 0.2) is 17.3 Å². The molecule has 0 bridgehead atoms. The summed E-state index contributed by atoms with van der Waals surface area (Å²) < 4.78 is 20.5. The monoisotopic (exact) mass is 751 g/mol. The van der Waals surface area contributed by atoms with Crippen LogP contribution in [0.15, 0.2) is 85.6 Å². The van der Waals surface area contributed by atoms with E-state index in [4.69, 9.17) is 35.9 Å². The quantitative estimate of drug-likeness (QED) is 0.133. The second-order valence-electron chi connectivity index (χ2n) is 10.6. The second kappa shape index (κ2) is 14.2. The highest BCUT2D eigenvalue weighted by atomic mass is 79.9. The van der Waals surface area contributed by atoms with Crippen molar-refractivity contribution in [2.24, 2.45) is 5.10 Å². The molecule has 5 rings (SSSR count). The van der Waals surface area contributed by atoms with Gasteiger partial charge in [0.05, 0.1) is 35.3 Å². The predicted octanol–water partition coefficient (Wildman–Crippen LogP) is 9.54. The van der Waals surface area contributed by atoms with Crippen LogP contribution >= 0.6 is 43.5 Å². The molecule has 0 saturated carbocycles. The molecule has 10 heteroatoms. The van der Waals surface area contributed by atoms with Gasteiger partial charge in [0.25, 0.3) is 5.56 Å². The molecule has 0 aliphatic carbocycles. The van der Waals surface area contributed by atoms with E-state index in [1.165, 1.54) is 4.68 Å². The highest BCUT2D eigenvalue weighted by Gasteiger charge is 2.20. The Kier molecular flexibility index (Phi) is 10.3. The van der Waals surface area contributed by atoms with Crippen LogP contribution in [-0.4, -0.2) is 29.6 Å². The average molecular weight is 754 g/mol. The van der Waals surface area contributed by atoms with Crippen LogP contribution in [0.25, 0.3) is 22.3 Å². The fraction of sp³-hybridized carbons (Fsp3) is 0.229. The summed E-state index contributed by atoms with van der Waals surface area (Å²) in [7, 11) is 1.66. The van der Waals surface area contributed by atoms with Crippen molar-refractivity contribution in [3.8, 4) is 28.6 Å². The zero-order chi connectivity index (χ0) is 32.2. The SMILES string of the molecule is CCOc1cc(C=Nn2c(-c3cc(C(C)C)c(OC)cc3C)nc3ccccc3c2=O)c(Br)c(Br)c1OCc1ccc(Cl)cc1. The van der Waals surface area contributed by atoms with Crippen molar-refractivity contribution in [2.75, 3.05) is 13.7 Å². The average Bonchev–Trinajstić information content (AvgIpc) is 3.03. The fourth-order valence-electron chi connectivity index (χ4n) is 4.92. The van der Waals surface area contributed by atoms with Crippen LogP contribution in [0.2, 0.25) is 5.02 Å². The molecule has 0 N–H and O–H groups in total. The molecular weight excluding hydrogens is 722 g/mol. The molecule has 0 radical (unpaired) electrons. The van der Waals surface area contributed by atoms with E-state index in [1.807, 2.05) is 74.5 Å². The Hall–Kier alpha value is -3.66. The maximum absolute atomic E-state index is 13.9. The summed E-state index contributed by atoms with van der Waals surface area (Å²) in [6.45, 7) is 8.82. The van der Waals surface area contributed by atoms with Gasteiger partial charge >= 0.3 is 0 Å². The highest BCUT2D eigenvalue weighted by molar-refractivity contribution is 9.13. The third-order valence-electron chi connectivity index (χ3n) is 7.26. The summed E-state index contributed by atoms with van der Waals surface area (Å²) in [6, 6.07) is 20.6. The number of rotatable bonds is 10. The molecule has 0 saturated heterocycles. The number of hydrogen-bond acceptors (Lipinski definition) is 6. The summed E-state index contributed by atoms with van der Waals surface area (Å²) in [6.07, 6.45) is 1.61. The van der Waals surface area contributed by atoms with E-state index >= 15 is 0 Å². The fourth-order valence-corrected chi connectivity index (χ4v) is 5.99. The largest absolute Gasteiger partial charge is 0.496 e. The molecule has 0 aliphatic rings. The van der Waals surface area contributed by atoms with Crippen LogP contribution in [0.5, 0.6) is 17.2 Å². The van der Waals surface area contributed by atoms with Crippen molar-refractivity contribution in [2.45, 2.75) is 40.2 Å². The van der Waals surface area contributed by atoms with E-state index in [1.54, 1.807) is 19.4 Å². The molecule has 45 heavy (non-hydrogen) atoms. The lowest BCUT2D eigenvalue weighted by atomic mass is 9.96. The Morgan fingerprint density at radius 2 is 1.73 bits per heavy atom. The molecule has 0 atom stereocenters. The Bertz CT molecular complexity index is 1960. The van der Waals surface area contributed by atoms with Crippen LogP contribution < -0.4 is 19.8 Å². The first kappa shape index (κ1) is 32.7. The number of nitrogens with zero attached hydrogens (tertiary/aromatic N) is 3. The van der Waals surface area contributed by atoms with Crippen LogP contribution in [0.3, 0.4) is 0 Å². The van der Waals surface area contributed by atoms with E-state index in [0.717, 1.165) is 28.0 Å². The van der Waals surface area contributed by atoms with E-state index in [0.29, 0.717) is 61.0 Å². The third kappa shape index (κ3) is 6.95. The van der Waals surface area contributed by atoms with Gasteiger partial charge in [-0.3, -0.25) is 4.79 Å². The normalized spacial score (nSPS) is 11.5. The first-order valence-electron chi connectivity index (χ1n) is 14.4. The van der Waals surface area contributed by atoms with E-state index in [9.17, 15) is 4.79 Å². The molecule has 5 aromatic rings. The number of benzene rings is 4. The molecule has 0 unspecified atom stereocenters. The Labute approximate surface area is 284 Å². The van der Waals surface area contributed by atoms with E-state index in [2.05, 4.69) is 45.7 Å². The number of aryl methyl sites for hydroxylation is 1. The van der Waals surface area contributed by atoms with Crippen LogP contribution in [0.1, 0.15) is 48.9 Å². The first-order valence-corrected chi connectivity index (χ1v) is 16.4. The summed E-state index contributed by atoms with van der Waals surface area (Å²) in [4.78, 5) is 18.9. The first-order chi connectivity index (χ1) is 21.6. The van der Waals surface area contributed by atoms with Gasteiger partial charge in [0, 0.05) is 20.6 Å². The van der Waals surface area contributed by atoms with Crippen molar-refractivity contribution in [1.29, 1.82) is 0 Å². The zero-order valence-electron chi connectivity index (χ0n) is 25.5. The molecule has 232 valence electrons. The summed E-state index contributed by atoms with van der Waals surface area (Å²) >= 11 is 13.4. The number of ether oxygens (including phenoxy) is 3. The highest BCUT2D eigenvalue weighted by Crippen LogP contribution is 2.43. The van der Waals surface area contributed by atoms with E-state index < -0.39 is 0 Å². The molecular formula is C35H32Br2ClN3O4. The van der Waals surface area contributed by atoms with Crippen LogP contribution in [0.4, 0.5) is 0 Å². The minimum Gasteiger partial charge on any atom is -0.496 e. The predicted molar refractivity (Wildman–Crippen MR) is 189 cm³/mol. The number of halogens is 3. The zero-order valence-corrected chi connectivity index (χ0v) is 29.5. The van der Waals surface area contributed by atoms with Crippen LogP contribution in [0, 0.1) is 6.92 Å². The van der Waals surface area contributed by atoms with Gasteiger partial charge in [-0.15, -0.1) is 0 Å². The van der Waals surface area contributed by atoms with E-state index in [-0.39, 0.29) is 11.5 Å². The maximum atomic E-state index is 13.9. The summed E-state index contributed by atoms with van der Waals surface area (Å²) in [5, 5.41) is 5.85. The molecule has 0 spiro atoms. The van der Waals surface area contributed by atoms with Crippen molar-refractivity contribution in [3.63, 3.8) is 0 Å². The number of aromatic nitrogens is 2. The van der Waals surface area contributed by atoms with Gasteiger partial charge in [-0.05, 0) is 111 Å². The molecule has 1 aromatic heterocycles. The minimum absolute atomic E-state index is 0.189. The Morgan fingerprint density at radius 3 is 2.42 bits per heavy atom. The molecule has 7 nitrogen and oxygen atoms in total. The Balaban J connectivity index is 1.63. The maximum Gasteiger partial charge on any atom is 0.282 e. The van der Waals surface area contributed by atoms with Gasteiger partial charge in [-0.1, -0.05) is 49.7 Å². The van der Waals surface area contributed by atoms with Gasteiger partial charge in [0.2, 0.25) is 0 Å². The van der Waals surface area contributed by atoms with Crippen molar-refractivity contribution in [1.82, 2.24) is 9.66 Å². The topological polar surface area (TPSA) is 74.9 Å².